The van der Waals surface area contributed by atoms with Crippen LogP contribution in [0, 0.1) is 19.8 Å². The van der Waals surface area contributed by atoms with Crippen molar-refractivity contribution in [3.05, 3.63) is 17.0 Å². The molecule has 1 aromatic rings. The van der Waals surface area contributed by atoms with Gasteiger partial charge in [0.2, 0.25) is 0 Å². The maximum Gasteiger partial charge on any atom is 0.255 e. The molecule has 1 fully saturated rings. The number of carbonyl (C=O) groups is 1. The Kier molecular flexibility index (Phi) is 5.39. The Morgan fingerprint density at radius 2 is 2.00 bits per heavy atom. The van der Waals surface area contributed by atoms with Crippen molar-refractivity contribution < 1.29 is 9.90 Å². The number of nitrogens with one attached hydrogen (secondary N) is 1. The number of aryl methyl sites for hydroxylation is 2. The third-order valence-electron chi connectivity index (χ3n) is 4.48. The van der Waals surface area contributed by atoms with Crippen LogP contribution in [0.1, 0.15) is 60.8 Å². The van der Waals surface area contributed by atoms with Gasteiger partial charge in [0.05, 0.1) is 11.3 Å². The molecule has 1 heterocycles. The highest BCUT2D eigenvalue weighted by Gasteiger charge is 2.25. The lowest BCUT2D eigenvalue weighted by Gasteiger charge is -2.28. The first-order valence-corrected chi connectivity index (χ1v) is 8.02. The van der Waals surface area contributed by atoms with Crippen LogP contribution in [0.15, 0.2) is 0 Å². The van der Waals surface area contributed by atoms with E-state index in [2.05, 4.69) is 17.3 Å². The molecule has 2 N–H and O–H groups in total. The number of amides is 1. The molecule has 0 saturated heterocycles. The average Bonchev–Trinajstić information content (AvgIpc) is 2.75. The molecule has 1 saturated carbocycles. The fourth-order valence-corrected chi connectivity index (χ4v) is 3.20. The number of hydrogen-bond acceptors (Lipinski definition) is 3. The smallest absolute Gasteiger partial charge is 0.255 e. The summed E-state index contributed by atoms with van der Waals surface area (Å²) >= 11 is 0. The molecule has 118 valence electrons. The van der Waals surface area contributed by atoms with E-state index >= 15 is 0 Å². The number of nitrogens with zero attached hydrogens (tertiary/aromatic N) is 2. The van der Waals surface area contributed by atoms with Crippen LogP contribution in [-0.2, 0) is 6.54 Å². The molecule has 5 nitrogen and oxygen atoms in total. The summed E-state index contributed by atoms with van der Waals surface area (Å²) in [5.74, 6) is 0.411. The Bertz CT molecular complexity index is 488. The third-order valence-corrected chi connectivity index (χ3v) is 4.48. The molecular formula is C16H27N3O2. The first kappa shape index (κ1) is 16.0. The van der Waals surface area contributed by atoms with Crippen LogP contribution < -0.4 is 5.32 Å². The van der Waals surface area contributed by atoms with E-state index in [1.54, 1.807) is 0 Å². The van der Waals surface area contributed by atoms with Gasteiger partial charge in [-0.05, 0) is 51.9 Å². The molecule has 2 rings (SSSR count). The van der Waals surface area contributed by atoms with Gasteiger partial charge in [0.1, 0.15) is 0 Å². The maximum absolute atomic E-state index is 12.5. The van der Waals surface area contributed by atoms with E-state index in [0.29, 0.717) is 5.92 Å². The second-order valence-electron chi connectivity index (χ2n) is 6.14. The van der Waals surface area contributed by atoms with E-state index in [1.165, 1.54) is 0 Å². The SMILES string of the molecule is CCCn1nc(C)c(C(=O)NC2CCC(CO)CC2)c1C. The van der Waals surface area contributed by atoms with Gasteiger partial charge in [0.25, 0.3) is 5.91 Å². The molecule has 0 aromatic carbocycles. The molecule has 1 aliphatic carbocycles. The van der Waals surface area contributed by atoms with Gasteiger partial charge < -0.3 is 10.4 Å². The Balaban J connectivity index is 2.01. The molecule has 0 spiro atoms. The Morgan fingerprint density at radius 1 is 1.33 bits per heavy atom. The van der Waals surface area contributed by atoms with Gasteiger partial charge in [-0.25, -0.2) is 0 Å². The molecule has 0 bridgehead atoms. The van der Waals surface area contributed by atoms with Crippen molar-refractivity contribution in [1.29, 1.82) is 0 Å². The summed E-state index contributed by atoms with van der Waals surface area (Å²) in [5.41, 5.74) is 2.49. The van der Waals surface area contributed by atoms with Crippen molar-refractivity contribution in [2.45, 2.75) is 65.5 Å². The number of aliphatic hydroxyl groups excluding tert-OH is 1. The summed E-state index contributed by atoms with van der Waals surface area (Å²) in [6.07, 6.45) is 4.91. The zero-order valence-electron chi connectivity index (χ0n) is 13.4. The van der Waals surface area contributed by atoms with Crippen molar-refractivity contribution >= 4 is 5.91 Å². The molecule has 1 aromatic heterocycles. The summed E-state index contributed by atoms with van der Waals surface area (Å²) in [5, 5.41) is 16.8. The molecule has 5 heteroatoms. The number of aromatic nitrogens is 2. The minimum atomic E-state index is -0.000184. The van der Waals surface area contributed by atoms with Crippen LogP contribution >= 0.6 is 0 Å². The summed E-state index contributed by atoms with van der Waals surface area (Å²) in [7, 11) is 0. The summed E-state index contributed by atoms with van der Waals surface area (Å²) in [6, 6.07) is 0.230. The second-order valence-corrected chi connectivity index (χ2v) is 6.14. The predicted octanol–water partition coefficient (Wildman–Crippen LogP) is 2.19. The van der Waals surface area contributed by atoms with Crippen LogP contribution in [0.3, 0.4) is 0 Å². The predicted molar refractivity (Wildman–Crippen MR) is 82.3 cm³/mol. The molecule has 1 amide bonds. The number of hydrogen-bond donors (Lipinski definition) is 2. The fraction of sp³-hybridized carbons (Fsp3) is 0.750. The summed E-state index contributed by atoms with van der Waals surface area (Å²) < 4.78 is 1.92. The van der Waals surface area contributed by atoms with E-state index < -0.39 is 0 Å². The maximum atomic E-state index is 12.5. The van der Waals surface area contributed by atoms with Gasteiger partial charge in [0.15, 0.2) is 0 Å². The number of aliphatic hydroxyl groups is 1. The van der Waals surface area contributed by atoms with Gasteiger partial charge in [-0.2, -0.15) is 5.10 Å². The average molecular weight is 293 g/mol. The minimum absolute atomic E-state index is 0.000184. The van der Waals surface area contributed by atoms with Crippen molar-refractivity contribution in [2.24, 2.45) is 5.92 Å². The third kappa shape index (κ3) is 3.64. The zero-order valence-corrected chi connectivity index (χ0v) is 13.4. The first-order chi connectivity index (χ1) is 10.1. The lowest BCUT2D eigenvalue weighted by atomic mass is 9.86. The minimum Gasteiger partial charge on any atom is -0.396 e. The van der Waals surface area contributed by atoms with E-state index in [4.69, 9.17) is 5.11 Å². The normalized spacial score (nSPS) is 22.3. The largest absolute Gasteiger partial charge is 0.396 e. The van der Waals surface area contributed by atoms with Crippen molar-refractivity contribution in [1.82, 2.24) is 15.1 Å². The fourth-order valence-electron chi connectivity index (χ4n) is 3.20. The number of rotatable bonds is 5. The standard InChI is InChI=1S/C16H27N3O2/c1-4-9-19-12(3)15(11(2)18-19)16(21)17-14-7-5-13(10-20)6-8-14/h13-14,20H,4-10H2,1-3H3,(H,17,21). The van der Waals surface area contributed by atoms with Gasteiger partial charge in [0, 0.05) is 24.9 Å². The highest BCUT2D eigenvalue weighted by atomic mass is 16.3. The molecule has 0 unspecified atom stereocenters. The van der Waals surface area contributed by atoms with Crippen molar-refractivity contribution in [2.75, 3.05) is 6.61 Å². The molecule has 1 aliphatic rings. The Labute approximate surface area is 126 Å². The highest BCUT2D eigenvalue weighted by Crippen LogP contribution is 2.24. The topological polar surface area (TPSA) is 67.2 Å². The van der Waals surface area contributed by atoms with Gasteiger partial charge >= 0.3 is 0 Å². The molecule has 21 heavy (non-hydrogen) atoms. The van der Waals surface area contributed by atoms with Gasteiger partial charge in [-0.3, -0.25) is 9.48 Å². The van der Waals surface area contributed by atoms with Crippen LogP contribution in [0.5, 0.6) is 0 Å². The summed E-state index contributed by atoms with van der Waals surface area (Å²) in [4.78, 5) is 12.5. The second kappa shape index (κ2) is 7.07. The molecule has 0 atom stereocenters. The molecule has 0 aliphatic heterocycles. The van der Waals surface area contributed by atoms with Crippen LogP contribution in [-0.4, -0.2) is 33.4 Å². The first-order valence-electron chi connectivity index (χ1n) is 8.02. The highest BCUT2D eigenvalue weighted by molar-refractivity contribution is 5.96. The Hall–Kier alpha value is -1.36. The van der Waals surface area contributed by atoms with Gasteiger partial charge in [-0.1, -0.05) is 6.92 Å². The quantitative estimate of drug-likeness (QED) is 0.874. The lowest BCUT2D eigenvalue weighted by molar-refractivity contribution is 0.0912. The van der Waals surface area contributed by atoms with Crippen LogP contribution in [0.4, 0.5) is 0 Å². The number of carbonyl (C=O) groups excluding carboxylic acids is 1. The van der Waals surface area contributed by atoms with Gasteiger partial charge in [-0.15, -0.1) is 0 Å². The molecule has 0 radical (unpaired) electrons. The van der Waals surface area contributed by atoms with Crippen LogP contribution in [0.25, 0.3) is 0 Å². The summed E-state index contributed by atoms with van der Waals surface area (Å²) in [6.45, 7) is 7.09. The van der Waals surface area contributed by atoms with Crippen molar-refractivity contribution in [3.8, 4) is 0 Å². The molecular weight excluding hydrogens is 266 g/mol. The van der Waals surface area contributed by atoms with E-state index in [-0.39, 0.29) is 18.6 Å². The zero-order chi connectivity index (χ0) is 15.4. The Morgan fingerprint density at radius 3 is 2.57 bits per heavy atom. The van der Waals surface area contributed by atoms with Crippen molar-refractivity contribution in [3.63, 3.8) is 0 Å². The van der Waals surface area contributed by atoms with E-state index in [9.17, 15) is 4.79 Å². The van der Waals surface area contributed by atoms with E-state index in [0.717, 1.165) is 55.6 Å². The lowest BCUT2D eigenvalue weighted by Crippen LogP contribution is -2.38. The monoisotopic (exact) mass is 293 g/mol. The van der Waals surface area contributed by atoms with Crippen LogP contribution in [0.2, 0.25) is 0 Å². The van der Waals surface area contributed by atoms with E-state index in [1.807, 2.05) is 18.5 Å².